The third-order valence-electron chi connectivity index (χ3n) is 3.50. The molecule has 2 aromatic carbocycles. The highest BCUT2D eigenvalue weighted by Gasteiger charge is 2.16. The third-order valence-corrected chi connectivity index (χ3v) is 5.02. The van der Waals surface area contributed by atoms with Crippen LogP contribution in [0, 0.1) is 0 Å². The summed E-state index contributed by atoms with van der Waals surface area (Å²) in [6.07, 6.45) is 0. The van der Waals surface area contributed by atoms with Gasteiger partial charge in [-0.25, -0.2) is 0 Å². The first-order valence-electron chi connectivity index (χ1n) is 7.02. The summed E-state index contributed by atoms with van der Waals surface area (Å²) in [5.74, 6) is 0.786. The third kappa shape index (κ3) is 3.03. The van der Waals surface area contributed by atoms with Crippen molar-refractivity contribution >= 4 is 23.4 Å². The molecule has 1 heterocycles. The molecule has 112 valence electrons. The van der Waals surface area contributed by atoms with E-state index in [1.54, 1.807) is 11.8 Å². The molecule has 0 radical (unpaired) electrons. The minimum Gasteiger partial charge on any atom is -0.305 e. The van der Waals surface area contributed by atoms with Crippen molar-refractivity contribution in [2.24, 2.45) is 7.05 Å². The average molecular weight is 330 g/mol. The SMILES string of the molecule is C[C@H](Sc1nnc(-c2ccccc2Cl)n1C)c1ccccc1. The van der Waals surface area contributed by atoms with Crippen LogP contribution in [-0.2, 0) is 7.05 Å². The Bertz CT molecular complexity index is 771. The molecule has 1 atom stereocenters. The molecular weight excluding hydrogens is 314 g/mol. The van der Waals surface area contributed by atoms with Gasteiger partial charge in [0.25, 0.3) is 0 Å². The van der Waals surface area contributed by atoms with Gasteiger partial charge in [-0.3, -0.25) is 0 Å². The summed E-state index contributed by atoms with van der Waals surface area (Å²) in [6.45, 7) is 2.17. The minimum atomic E-state index is 0.309. The van der Waals surface area contributed by atoms with Crippen LogP contribution in [0.2, 0.25) is 5.02 Å². The molecule has 0 saturated heterocycles. The van der Waals surface area contributed by atoms with Crippen molar-refractivity contribution < 1.29 is 0 Å². The van der Waals surface area contributed by atoms with Crippen LogP contribution < -0.4 is 0 Å². The predicted molar refractivity (Wildman–Crippen MR) is 92.2 cm³/mol. The number of benzene rings is 2. The van der Waals surface area contributed by atoms with Gasteiger partial charge in [0.2, 0.25) is 0 Å². The van der Waals surface area contributed by atoms with E-state index in [4.69, 9.17) is 11.6 Å². The second-order valence-electron chi connectivity index (χ2n) is 5.02. The standard InChI is InChI=1S/C17H16ClN3S/c1-12(13-8-4-3-5-9-13)22-17-20-19-16(21(17)2)14-10-6-7-11-15(14)18/h3-12H,1-2H3/t12-/m0/s1. The number of thioether (sulfide) groups is 1. The van der Waals surface area contributed by atoms with Gasteiger partial charge in [0, 0.05) is 17.9 Å². The van der Waals surface area contributed by atoms with Crippen molar-refractivity contribution in [1.82, 2.24) is 14.8 Å². The Balaban J connectivity index is 1.87. The quantitative estimate of drug-likeness (QED) is 0.632. The lowest BCUT2D eigenvalue weighted by Gasteiger charge is -2.11. The van der Waals surface area contributed by atoms with Gasteiger partial charge in [0.05, 0.1) is 5.02 Å². The second kappa shape index (κ2) is 6.55. The molecule has 0 spiro atoms. The molecule has 0 aliphatic carbocycles. The summed E-state index contributed by atoms with van der Waals surface area (Å²) in [4.78, 5) is 0. The number of hydrogen-bond acceptors (Lipinski definition) is 3. The zero-order valence-electron chi connectivity index (χ0n) is 12.4. The lowest BCUT2D eigenvalue weighted by Crippen LogP contribution is -1.97. The Morgan fingerprint density at radius 1 is 1.00 bits per heavy atom. The van der Waals surface area contributed by atoms with Crippen LogP contribution in [0.25, 0.3) is 11.4 Å². The Hall–Kier alpha value is -1.78. The van der Waals surface area contributed by atoms with E-state index in [0.717, 1.165) is 16.5 Å². The minimum absolute atomic E-state index is 0.309. The van der Waals surface area contributed by atoms with E-state index in [2.05, 4.69) is 41.4 Å². The highest BCUT2D eigenvalue weighted by molar-refractivity contribution is 7.99. The Morgan fingerprint density at radius 2 is 1.68 bits per heavy atom. The van der Waals surface area contributed by atoms with Gasteiger partial charge in [-0.1, -0.05) is 65.8 Å². The second-order valence-corrected chi connectivity index (χ2v) is 6.73. The first-order valence-corrected chi connectivity index (χ1v) is 8.28. The lowest BCUT2D eigenvalue weighted by atomic mass is 10.2. The largest absolute Gasteiger partial charge is 0.305 e. The van der Waals surface area contributed by atoms with Crippen LogP contribution in [0.3, 0.4) is 0 Å². The summed E-state index contributed by atoms with van der Waals surface area (Å²) in [6, 6.07) is 18.1. The van der Waals surface area contributed by atoms with Gasteiger partial charge in [0.15, 0.2) is 11.0 Å². The number of halogens is 1. The smallest absolute Gasteiger partial charge is 0.191 e. The molecule has 0 saturated carbocycles. The first kappa shape index (κ1) is 15.1. The number of aromatic nitrogens is 3. The summed E-state index contributed by atoms with van der Waals surface area (Å²) >= 11 is 7.94. The van der Waals surface area contributed by atoms with E-state index >= 15 is 0 Å². The van der Waals surface area contributed by atoms with Crippen LogP contribution in [-0.4, -0.2) is 14.8 Å². The van der Waals surface area contributed by atoms with Crippen LogP contribution in [0.4, 0.5) is 0 Å². The fourth-order valence-electron chi connectivity index (χ4n) is 2.24. The molecule has 3 aromatic rings. The Kier molecular flexibility index (Phi) is 4.50. The molecule has 22 heavy (non-hydrogen) atoms. The van der Waals surface area contributed by atoms with Crippen LogP contribution in [0.1, 0.15) is 17.7 Å². The van der Waals surface area contributed by atoms with E-state index < -0.39 is 0 Å². The van der Waals surface area contributed by atoms with Gasteiger partial charge in [-0.05, 0) is 24.6 Å². The molecule has 0 unspecified atom stereocenters. The first-order chi connectivity index (χ1) is 10.7. The molecule has 3 nitrogen and oxygen atoms in total. The van der Waals surface area contributed by atoms with Crippen molar-refractivity contribution in [3.8, 4) is 11.4 Å². The molecule has 3 rings (SSSR count). The number of rotatable bonds is 4. The molecule has 0 fully saturated rings. The average Bonchev–Trinajstić information content (AvgIpc) is 2.90. The Labute approximate surface area is 139 Å². The molecule has 0 aliphatic heterocycles. The maximum Gasteiger partial charge on any atom is 0.191 e. The van der Waals surface area contributed by atoms with Gasteiger partial charge in [-0.2, -0.15) is 0 Å². The highest BCUT2D eigenvalue weighted by atomic mass is 35.5. The van der Waals surface area contributed by atoms with E-state index in [1.165, 1.54) is 5.56 Å². The van der Waals surface area contributed by atoms with Crippen LogP contribution >= 0.6 is 23.4 Å². The fraction of sp³-hybridized carbons (Fsp3) is 0.176. The highest BCUT2D eigenvalue weighted by Crippen LogP contribution is 2.35. The molecule has 0 amide bonds. The summed E-state index contributed by atoms with van der Waals surface area (Å²) in [5.41, 5.74) is 2.17. The van der Waals surface area contributed by atoms with Gasteiger partial charge in [0.1, 0.15) is 0 Å². The zero-order valence-corrected chi connectivity index (χ0v) is 14.0. The van der Waals surface area contributed by atoms with Crippen molar-refractivity contribution in [3.05, 3.63) is 65.2 Å². The maximum absolute atomic E-state index is 6.25. The monoisotopic (exact) mass is 329 g/mol. The molecule has 1 aromatic heterocycles. The molecule has 5 heteroatoms. The van der Waals surface area contributed by atoms with E-state index in [1.807, 2.05) is 41.9 Å². The van der Waals surface area contributed by atoms with Gasteiger partial charge < -0.3 is 4.57 Å². The topological polar surface area (TPSA) is 30.7 Å². The van der Waals surface area contributed by atoms with E-state index in [-0.39, 0.29) is 0 Å². The van der Waals surface area contributed by atoms with Crippen molar-refractivity contribution in [2.45, 2.75) is 17.3 Å². The van der Waals surface area contributed by atoms with E-state index in [0.29, 0.717) is 10.3 Å². The molecule has 0 aliphatic rings. The van der Waals surface area contributed by atoms with Gasteiger partial charge in [-0.15, -0.1) is 10.2 Å². The molecule has 0 bridgehead atoms. The zero-order chi connectivity index (χ0) is 15.5. The van der Waals surface area contributed by atoms with Crippen LogP contribution in [0.5, 0.6) is 0 Å². The number of hydrogen-bond donors (Lipinski definition) is 0. The van der Waals surface area contributed by atoms with Crippen molar-refractivity contribution in [3.63, 3.8) is 0 Å². The summed E-state index contributed by atoms with van der Waals surface area (Å²) < 4.78 is 1.99. The predicted octanol–water partition coefficient (Wildman–Crippen LogP) is 4.99. The Morgan fingerprint density at radius 3 is 2.41 bits per heavy atom. The van der Waals surface area contributed by atoms with Crippen molar-refractivity contribution in [2.75, 3.05) is 0 Å². The molecule has 0 N–H and O–H groups in total. The summed E-state index contributed by atoms with van der Waals surface area (Å²) in [7, 11) is 1.97. The maximum atomic E-state index is 6.25. The lowest BCUT2D eigenvalue weighted by molar-refractivity contribution is 0.790. The van der Waals surface area contributed by atoms with Crippen molar-refractivity contribution in [1.29, 1.82) is 0 Å². The fourth-order valence-corrected chi connectivity index (χ4v) is 3.41. The number of nitrogens with zero attached hydrogens (tertiary/aromatic N) is 3. The molecular formula is C17H16ClN3S. The van der Waals surface area contributed by atoms with E-state index in [9.17, 15) is 0 Å². The van der Waals surface area contributed by atoms with Gasteiger partial charge >= 0.3 is 0 Å². The summed E-state index contributed by atoms with van der Waals surface area (Å²) in [5, 5.41) is 10.5. The van der Waals surface area contributed by atoms with Crippen LogP contribution in [0.15, 0.2) is 59.8 Å². The normalized spacial score (nSPS) is 12.3.